The van der Waals surface area contributed by atoms with Gasteiger partial charge in [-0.2, -0.15) is 0 Å². The molecule has 2 aromatic rings. The zero-order valence-electron chi connectivity index (χ0n) is 14.5. The molecule has 1 amide bonds. The lowest BCUT2D eigenvalue weighted by molar-refractivity contribution is -0.127. The van der Waals surface area contributed by atoms with E-state index in [1.165, 1.54) is 16.7 Å². The molecule has 4 heteroatoms. The smallest absolute Gasteiger partial charge is 0.260 e. The molecule has 0 aliphatic carbocycles. The molecule has 0 radical (unpaired) electrons. The first-order valence-electron chi connectivity index (χ1n) is 8.20. The van der Waals surface area contributed by atoms with Gasteiger partial charge in [-0.1, -0.05) is 35.9 Å². The first-order valence-corrected chi connectivity index (χ1v) is 8.20. The molecule has 0 bridgehead atoms. The quantitative estimate of drug-likeness (QED) is 0.822. The molecule has 128 valence electrons. The first-order chi connectivity index (χ1) is 11.5. The summed E-state index contributed by atoms with van der Waals surface area (Å²) in [6, 6.07) is 13.5. The van der Waals surface area contributed by atoms with Gasteiger partial charge < -0.3 is 15.2 Å². The van der Waals surface area contributed by atoms with Gasteiger partial charge in [0.05, 0.1) is 6.61 Å². The highest BCUT2D eigenvalue weighted by Gasteiger charge is 2.14. The van der Waals surface area contributed by atoms with E-state index in [0.29, 0.717) is 12.3 Å². The highest BCUT2D eigenvalue weighted by atomic mass is 16.5. The summed E-state index contributed by atoms with van der Waals surface area (Å²) >= 11 is 0. The number of hydrogen-bond donors (Lipinski definition) is 2. The molecule has 2 aromatic carbocycles. The summed E-state index contributed by atoms with van der Waals surface area (Å²) in [5, 5.41) is 12.0. The molecule has 0 heterocycles. The lowest BCUT2D eigenvalue weighted by atomic mass is 10.0. The topological polar surface area (TPSA) is 58.6 Å². The number of carbonyl (C=O) groups is 1. The summed E-state index contributed by atoms with van der Waals surface area (Å²) in [5.74, 6) is 0.438. The zero-order valence-corrected chi connectivity index (χ0v) is 14.5. The summed E-state index contributed by atoms with van der Waals surface area (Å²) in [6.45, 7) is 6.41. The minimum Gasteiger partial charge on any atom is -0.481 e. The number of aliphatic hydroxyl groups excluding tert-OH is 1. The molecule has 0 saturated heterocycles. The molecule has 4 nitrogen and oxygen atoms in total. The van der Waals surface area contributed by atoms with Crippen LogP contribution in [0.2, 0.25) is 0 Å². The average molecular weight is 327 g/mol. The summed E-state index contributed by atoms with van der Waals surface area (Å²) in [7, 11) is 0. The van der Waals surface area contributed by atoms with Gasteiger partial charge >= 0.3 is 0 Å². The largest absolute Gasteiger partial charge is 0.481 e. The van der Waals surface area contributed by atoms with Gasteiger partial charge in [0.15, 0.2) is 6.10 Å². The zero-order chi connectivity index (χ0) is 17.5. The monoisotopic (exact) mass is 327 g/mol. The SMILES string of the molecule is Cc1ccc(CCNC(=O)C(C)Oc2cccc(CO)c2)c(C)c1. The number of benzene rings is 2. The standard InChI is InChI=1S/C20H25NO3/c1-14-7-8-18(15(2)11-14)9-10-21-20(23)16(3)24-19-6-4-5-17(12-19)13-22/h4-8,11-12,16,22H,9-10,13H2,1-3H3,(H,21,23). The van der Waals surface area contributed by atoms with E-state index in [1.54, 1.807) is 25.1 Å². The van der Waals surface area contributed by atoms with Gasteiger partial charge in [-0.25, -0.2) is 0 Å². The molecular weight excluding hydrogens is 302 g/mol. The molecule has 0 aliphatic rings. The van der Waals surface area contributed by atoms with Crippen LogP contribution in [0, 0.1) is 13.8 Å². The molecule has 24 heavy (non-hydrogen) atoms. The van der Waals surface area contributed by atoms with Crippen LogP contribution in [-0.2, 0) is 17.8 Å². The summed E-state index contributed by atoms with van der Waals surface area (Å²) in [6.07, 6.45) is 0.211. The molecule has 1 unspecified atom stereocenters. The third-order valence-corrected chi connectivity index (χ3v) is 3.95. The van der Waals surface area contributed by atoms with Gasteiger partial charge in [0, 0.05) is 6.54 Å². The van der Waals surface area contributed by atoms with Gasteiger partial charge in [0.25, 0.3) is 5.91 Å². The molecule has 2 rings (SSSR count). The second kappa shape index (κ2) is 8.50. The minimum absolute atomic E-state index is 0.0479. The molecular formula is C20H25NO3. The second-order valence-corrected chi connectivity index (χ2v) is 6.04. The van der Waals surface area contributed by atoms with Gasteiger partial charge in [-0.05, 0) is 56.0 Å². The van der Waals surface area contributed by atoms with Gasteiger partial charge in [-0.3, -0.25) is 4.79 Å². The van der Waals surface area contributed by atoms with E-state index >= 15 is 0 Å². The molecule has 0 fully saturated rings. The Morgan fingerprint density at radius 2 is 2.00 bits per heavy atom. The number of nitrogens with one attached hydrogen (secondary N) is 1. The Morgan fingerprint density at radius 3 is 2.71 bits per heavy atom. The number of hydrogen-bond acceptors (Lipinski definition) is 3. The van der Waals surface area contributed by atoms with Crippen LogP contribution in [0.15, 0.2) is 42.5 Å². The van der Waals surface area contributed by atoms with Crippen molar-refractivity contribution in [2.75, 3.05) is 6.54 Å². The summed E-state index contributed by atoms with van der Waals surface area (Å²) in [5.41, 5.74) is 4.49. The number of ether oxygens (including phenoxy) is 1. The van der Waals surface area contributed by atoms with E-state index < -0.39 is 6.10 Å². The average Bonchev–Trinajstić information content (AvgIpc) is 2.56. The maximum absolute atomic E-state index is 12.1. The van der Waals surface area contributed by atoms with Crippen LogP contribution in [0.1, 0.15) is 29.2 Å². The van der Waals surface area contributed by atoms with Gasteiger partial charge in [-0.15, -0.1) is 0 Å². The predicted octanol–water partition coefficient (Wildman–Crippen LogP) is 2.92. The summed E-state index contributed by atoms with van der Waals surface area (Å²) < 4.78 is 5.64. The lowest BCUT2D eigenvalue weighted by Crippen LogP contribution is -2.37. The van der Waals surface area contributed by atoms with Gasteiger partial charge in [0.1, 0.15) is 5.75 Å². The molecule has 1 atom stereocenters. The molecule has 0 aliphatic heterocycles. The van der Waals surface area contributed by atoms with Crippen LogP contribution in [0.25, 0.3) is 0 Å². The Balaban J connectivity index is 1.83. The van der Waals surface area contributed by atoms with Crippen LogP contribution in [0.5, 0.6) is 5.75 Å². The number of rotatable bonds is 7. The van der Waals surface area contributed by atoms with Crippen molar-refractivity contribution in [3.05, 3.63) is 64.7 Å². The Kier molecular flexibility index (Phi) is 6.38. The van der Waals surface area contributed by atoms with Crippen molar-refractivity contribution >= 4 is 5.91 Å². The van der Waals surface area contributed by atoms with Crippen LogP contribution in [-0.4, -0.2) is 23.7 Å². The number of carbonyl (C=O) groups excluding carboxylic acids is 1. The van der Waals surface area contributed by atoms with Gasteiger partial charge in [0.2, 0.25) is 0 Å². The number of amides is 1. The van der Waals surface area contributed by atoms with Crippen molar-refractivity contribution in [1.29, 1.82) is 0 Å². The highest BCUT2D eigenvalue weighted by Crippen LogP contribution is 2.15. The fraction of sp³-hybridized carbons (Fsp3) is 0.350. The fourth-order valence-electron chi connectivity index (χ4n) is 2.57. The Bertz CT molecular complexity index is 697. The van der Waals surface area contributed by atoms with E-state index in [0.717, 1.165) is 12.0 Å². The van der Waals surface area contributed by atoms with Crippen molar-refractivity contribution in [1.82, 2.24) is 5.32 Å². The van der Waals surface area contributed by atoms with E-state index in [4.69, 9.17) is 9.84 Å². The van der Waals surface area contributed by atoms with E-state index in [1.807, 2.05) is 6.07 Å². The second-order valence-electron chi connectivity index (χ2n) is 6.04. The van der Waals surface area contributed by atoms with Crippen molar-refractivity contribution in [2.45, 2.75) is 39.9 Å². The van der Waals surface area contributed by atoms with Crippen molar-refractivity contribution in [2.24, 2.45) is 0 Å². The fourth-order valence-corrected chi connectivity index (χ4v) is 2.57. The highest BCUT2D eigenvalue weighted by molar-refractivity contribution is 5.80. The lowest BCUT2D eigenvalue weighted by Gasteiger charge is -2.15. The molecule has 0 spiro atoms. The Morgan fingerprint density at radius 1 is 1.21 bits per heavy atom. The molecule has 2 N–H and O–H groups in total. The first kappa shape index (κ1) is 18.0. The van der Waals surface area contributed by atoms with Crippen LogP contribution in [0.3, 0.4) is 0 Å². The van der Waals surface area contributed by atoms with E-state index in [-0.39, 0.29) is 12.5 Å². The maximum atomic E-state index is 12.1. The minimum atomic E-state index is -0.585. The normalized spacial score (nSPS) is 11.8. The van der Waals surface area contributed by atoms with Crippen molar-refractivity contribution in [3.8, 4) is 5.75 Å². The molecule has 0 aromatic heterocycles. The third kappa shape index (κ3) is 5.10. The van der Waals surface area contributed by atoms with Crippen molar-refractivity contribution < 1.29 is 14.6 Å². The van der Waals surface area contributed by atoms with Crippen LogP contribution >= 0.6 is 0 Å². The van der Waals surface area contributed by atoms with Crippen molar-refractivity contribution in [3.63, 3.8) is 0 Å². The predicted molar refractivity (Wildman–Crippen MR) is 95.1 cm³/mol. The molecule has 0 saturated carbocycles. The van der Waals surface area contributed by atoms with E-state index in [9.17, 15) is 4.79 Å². The number of aliphatic hydroxyl groups is 1. The van der Waals surface area contributed by atoms with Crippen LogP contribution < -0.4 is 10.1 Å². The third-order valence-electron chi connectivity index (χ3n) is 3.95. The number of aryl methyl sites for hydroxylation is 2. The maximum Gasteiger partial charge on any atom is 0.260 e. The summed E-state index contributed by atoms with van der Waals surface area (Å²) in [4.78, 5) is 12.1. The van der Waals surface area contributed by atoms with E-state index in [2.05, 4.69) is 37.4 Å². The van der Waals surface area contributed by atoms with Crippen LogP contribution in [0.4, 0.5) is 0 Å². The Labute approximate surface area is 143 Å². The Hall–Kier alpha value is -2.33.